The minimum Gasteiger partial charge on any atom is -0.468 e. The summed E-state index contributed by atoms with van der Waals surface area (Å²) in [5.74, 6) is 1.02. The first-order valence-corrected chi connectivity index (χ1v) is 8.97. The molecular formula is C16H21BrN2OS. The Labute approximate surface area is 138 Å². The van der Waals surface area contributed by atoms with Crippen molar-refractivity contribution in [2.75, 3.05) is 20.6 Å². The molecule has 3 rings (SSSR count). The smallest absolute Gasteiger partial charge is 0.122 e. The average molecular weight is 369 g/mol. The van der Waals surface area contributed by atoms with Crippen LogP contribution in [0, 0.1) is 0 Å². The van der Waals surface area contributed by atoms with Gasteiger partial charge in [-0.25, -0.2) is 0 Å². The van der Waals surface area contributed by atoms with Crippen molar-refractivity contribution in [3.63, 3.8) is 0 Å². The van der Waals surface area contributed by atoms with Gasteiger partial charge < -0.3 is 9.73 Å². The number of nitrogens with one attached hydrogen (secondary N) is 1. The van der Waals surface area contributed by atoms with Crippen LogP contribution in [0.5, 0.6) is 0 Å². The number of thiophene rings is 1. The van der Waals surface area contributed by atoms with E-state index in [0.717, 1.165) is 12.3 Å². The van der Waals surface area contributed by atoms with Crippen molar-refractivity contribution >= 4 is 27.3 Å². The standard InChI is InChI=1S/C16H21BrN2OS/c1-19(2)13(14-6-4-8-20-14)10-18-12-5-3-7-15-11(12)9-16(17)21-15/h4,6,8-9,12-13,18H,3,5,7,10H2,1-2H3. The molecule has 2 aromatic heterocycles. The van der Waals surface area contributed by atoms with Crippen molar-refractivity contribution in [2.24, 2.45) is 0 Å². The average Bonchev–Trinajstić information content (AvgIpc) is 3.07. The van der Waals surface area contributed by atoms with E-state index in [1.165, 1.54) is 33.5 Å². The maximum atomic E-state index is 5.58. The number of halogens is 1. The lowest BCUT2D eigenvalue weighted by Gasteiger charge is -2.28. The number of rotatable bonds is 5. The van der Waals surface area contributed by atoms with Crippen molar-refractivity contribution < 1.29 is 4.42 Å². The van der Waals surface area contributed by atoms with Crippen LogP contribution in [0.25, 0.3) is 0 Å². The summed E-state index contributed by atoms with van der Waals surface area (Å²) >= 11 is 5.50. The third-order valence-corrected chi connectivity index (χ3v) is 5.85. The first-order chi connectivity index (χ1) is 10.1. The summed E-state index contributed by atoms with van der Waals surface area (Å²) in [4.78, 5) is 3.74. The fourth-order valence-corrected chi connectivity index (χ4v) is 4.83. The Hall–Kier alpha value is -0.620. The Balaban J connectivity index is 1.70. The minimum atomic E-state index is 0.271. The molecule has 21 heavy (non-hydrogen) atoms. The topological polar surface area (TPSA) is 28.4 Å². The third kappa shape index (κ3) is 3.42. The first kappa shape index (κ1) is 15.3. The number of fused-ring (bicyclic) bond motifs is 1. The molecule has 0 aliphatic heterocycles. The molecule has 114 valence electrons. The van der Waals surface area contributed by atoms with Crippen molar-refractivity contribution in [3.05, 3.63) is 44.4 Å². The molecule has 3 nitrogen and oxygen atoms in total. The fourth-order valence-electron chi connectivity index (χ4n) is 3.01. The number of hydrogen-bond acceptors (Lipinski definition) is 4. The van der Waals surface area contributed by atoms with E-state index in [0.29, 0.717) is 6.04 Å². The number of furan rings is 1. The highest BCUT2D eigenvalue weighted by molar-refractivity contribution is 9.11. The molecule has 2 aromatic rings. The predicted octanol–water partition coefficient (Wildman–Crippen LogP) is 4.37. The van der Waals surface area contributed by atoms with Crippen LogP contribution in [0.15, 0.2) is 32.7 Å². The number of nitrogens with zero attached hydrogens (tertiary/aromatic N) is 1. The second-order valence-corrected chi connectivity index (χ2v) is 8.29. The van der Waals surface area contributed by atoms with Gasteiger partial charge in [-0.05, 0) is 73.1 Å². The largest absolute Gasteiger partial charge is 0.468 e. The molecule has 0 aromatic carbocycles. The van der Waals surface area contributed by atoms with E-state index in [2.05, 4.69) is 52.4 Å². The zero-order chi connectivity index (χ0) is 14.8. The van der Waals surface area contributed by atoms with Crippen LogP contribution in [0.1, 0.15) is 41.1 Å². The first-order valence-electron chi connectivity index (χ1n) is 7.36. The second-order valence-electron chi connectivity index (χ2n) is 5.78. The normalized spacial score (nSPS) is 19.7. The number of likely N-dealkylation sites (N-methyl/N-ethyl adjacent to an activating group) is 1. The highest BCUT2D eigenvalue weighted by atomic mass is 79.9. The van der Waals surface area contributed by atoms with E-state index in [9.17, 15) is 0 Å². The van der Waals surface area contributed by atoms with Gasteiger partial charge >= 0.3 is 0 Å². The molecular weight excluding hydrogens is 348 g/mol. The molecule has 1 N–H and O–H groups in total. The Bertz CT molecular complexity index is 579. The molecule has 0 bridgehead atoms. The molecule has 2 heterocycles. The van der Waals surface area contributed by atoms with E-state index in [-0.39, 0.29) is 6.04 Å². The SMILES string of the molecule is CN(C)C(CNC1CCCc2sc(Br)cc21)c1ccco1. The maximum absolute atomic E-state index is 5.58. The van der Waals surface area contributed by atoms with Gasteiger partial charge in [0, 0.05) is 17.5 Å². The summed E-state index contributed by atoms with van der Waals surface area (Å²) in [5.41, 5.74) is 1.48. The maximum Gasteiger partial charge on any atom is 0.122 e. The Kier molecular flexibility index (Phi) is 4.84. The molecule has 0 saturated carbocycles. The van der Waals surface area contributed by atoms with Gasteiger partial charge in [0.25, 0.3) is 0 Å². The zero-order valence-electron chi connectivity index (χ0n) is 12.4. The summed E-state index contributed by atoms with van der Waals surface area (Å²) in [7, 11) is 4.20. The van der Waals surface area contributed by atoms with E-state index >= 15 is 0 Å². The summed E-state index contributed by atoms with van der Waals surface area (Å²) in [5, 5.41) is 3.74. The van der Waals surface area contributed by atoms with Crippen LogP contribution < -0.4 is 5.32 Å². The van der Waals surface area contributed by atoms with Gasteiger partial charge in [0.15, 0.2) is 0 Å². The lowest BCUT2D eigenvalue weighted by Crippen LogP contribution is -2.34. The molecule has 0 amide bonds. The Morgan fingerprint density at radius 1 is 1.52 bits per heavy atom. The second kappa shape index (κ2) is 6.65. The van der Waals surface area contributed by atoms with Gasteiger partial charge in [0.1, 0.15) is 5.76 Å². The van der Waals surface area contributed by atoms with Gasteiger partial charge in [-0.3, -0.25) is 4.90 Å². The highest BCUT2D eigenvalue weighted by Gasteiger charge is 2.24. The summed E-state index contributed by atoms with van der Waals surface area (Å²) in [6.45, 7) is 0.901. The van der Waals surface area contributed by atoms with E-state index in [1.54, 1.807) is 6.26 Å². The van der Waals surface area contributed by atoms with Gasteiger partial charge in [-0.1, -0.05) is 0 Å². The molecule has 1 aliphatic rings. The molecule has 1 aliphatic carbocycles. The fraction of sp³-hybridized carbons (Fsp3) is 0.500. The molecule has 2 unspecified atom stereocenters. The van der Waals surface area contributed by atoms with Gasteiger partial charge in [0.05, 0.1) is 16.1 Å². The van der Waals surface area contributed by atoms with Crippen LogP contribution in [0.3, 0.4) is 0 Å². The molecule has 0 radical (unpaired) electrons. The number of hydrogen-bond donors (Lipinski definition) is 1. The van der Waals surface area contributed by atoms with Crippen molar-refractivity contribution in [2.45, 2.75) is 31.3 Å². The van der Waals surface area contributed by atoms with Gasteiger partial charge in [0.2, 0.25) is 0 Å². The van der Waals surface area contributed by atoms with Crippen LogP contribution in [0.4, 0.5) is 0 Å². The van der Waals surface area contributed by atoms with Crippen molar-refractivity contribution in [1.82, 2.24) is 10.2 Å². The predicted molar refractivity (Wildman–Crippen MR) is 90.8 cm³/mol. The van der Waals surface area contributed by atoms with Gasteiger partial charge in [-0.15, -0.1) is 11.3 Å². The Morgan fingerprint density at radius 3 is 3.10 bits per heavy atom. The number of aryl methyl sites for hydroxylation is 1. The zero-order valence-corrected chi connectivity index (χ0v) is 14.8. The Morgan fingerprint density at radius 2 is 2.38 bits per heavy atom. The molecule has 5 heteroatoms. The van der Waals surface area contributed by atoms with Crippen molar-refractivity contribution in [1.29, 1.82) is 0 Å². The van der Waals surface area contributed by atoms with E-state index in [4.69, 9.17) is 4.42 Å². The van der Waals surface area contributed by atoms with E-state index < -0.39 is 0 Å². The van der Waals surface area contributed by atoms with Gasteiger partial charge in [-0.2, -0.15) is 0 Å². The molecule has 0 saturated heterocycles. The lowest BCUT2D eigenvalue weighted by molar-refractivity contribution is 0.241. The van der Waals surface area contributed by atoms with Crippen LogP contribution in [-0.4, -0.2) is 25.5 Å². The molecule has 0 spiro atoms. The molecule has 0 fully saturated rings. The quantitative estimate of drug-likeness (QED) is 0.848. The van der Waals surface area contributed by atoms with Crippen LogP contribution in [0.2, 0.25) is 0 Å². The third-order valence-electron chi connectivity index (χ3n) is 4.14. The van der Waals surface area contributed by atoms with E-state index in [1.807, 2.05) is 17.4 Å². The monoisotopic (exact) mass is 368 g/mol. The van der Waals surface area contributed by atoms with Crippen LogP contribution in [-0.2, 0) is 6.42 Å². The van der Waals surface area contributed by atoms with Crippen molar-refractivity contribution in [3.8, 4) is 0 Å². The minimum absolute atomic E-state index is 0.271. The lowest BCUT2D eigenvalue weighted by atomic mass is 9.94. The summed E-state index contributed by atoms with van der Waals surface area (Å²) in [6.07, 6.45) is 5.46. The summed E-state index contributed by atoms with van der Waals surface area (Å²) < 4.78 is 6.83. The summed E-state index contributed by atoms with van der Waals surface area (Å²) in [6, 6.07) is 7.04. The highest BCUT2D eigenvalue weighted by Crippen LogP contribution is 2.38. The molecule has 2 atom stereocenters. The van der Waals surface area contributed by atoms with Crippen LogP contribution >= 0.6 is 27.3 Å².